The smallest absolute Gasteiger partial charge is 0.130 e. The normalized spacial score (nSPS) is 12.5. The fourth-order valence-corrected chi connectivity index (χ4v) is 1.83. The van der Waals surface area contributed by atoms with Crippen molar-refractivity contribution in [2.75, 3.05) is 6.61 Å². The lowest BCUT2D eigenvalue weighted by atomic mass is 10.0. The Balaban J connectivity index is 2.71. The Kier molecular flexibility index (Phi) is 5.85. The highest BCUT2D eigenvalue weighted by molar-refractivity contribution is 5.37. The molecule has 3 heteroatoms. The third kappa shape index (κ3) is 4.92. The van der Waals surface area contributed by atoms with E-state index in [0.29, 0.717) is 12.5 Å². The molecule has 0 bridgehead atoms. The summed E-state index contributed by atoms with van der Waals surface area (Å²) in [5.41, 5.74) is 2.36. The van der Waals surface area contributed by atoms with Crippen LogP contribution in [-0.2, 0) is 0 Å². The maximum atomic E-state index is 9.07. The number of nitriles is 1. The zero-order valence-corrected chi connectivity index (χ0v) is 12.5. The molecule has 0 aliphatic heterocycles. The van der Waals surface area contributed by atoms with Crippen LogP contribution in [0.5, 0.6) is 5.75 Å². The molecule has 0 saturated heterocycles. The van der Waals surface area contributed by atoms with Gasteiger partial charge in [-0.3, -0.25) is 5.32 Å². The van der Waals surface area contributed by atoms with E-state index < -0.39 is 0 Å². The fourth-order valence-electron chi connectivity index (χ4n) is 1.83. The van der Waals surface area contributed by atoms with E-state index >= 15 is 0 Å². The zero-order valence-electron chi connectivity index (χ0n) is 12.5. The largest absolute Gasteiger partial charge is 0.491 e. The summed E-state index contributed by atoms with van der Waals surface area (Å²) < 4.78 is 5.80. The Morgan fingerprint density at radius 2 is 1.95 bits per heavy atom. The fraction of sp³-hybridized carbons (Fsp3) is 0.562. The number of rotatable bonds is 6. The number of ether oxygens (including phenoxy) is 1. The lowest BCUT2D eigenvalue weighted by molar-refractivity contribution is 0.280. The van der Waals surface area contributed by atoms with Gasteiger partial charge in [-0.15, -0.1) is 0 Å². The molecule has 1 aromatic rings. The van der Waals surface area contributed by atoms with Gasteiger partial charge in [0.1, 0.15) is 18.4 Å². The second-order valence-corrected chi connectivity index (χ2v) is 5.49. The molecule has 0 amide bonds. The highest BCUT2D eigenvalue weighted by Crippen LogP contribution is 2.24. The third-order valence-corrected chi connectivity index (χ3v) is 2.97. The number of hydrogen-bond acceptors (Lipinski definition) is 3. The van der Waals surface area contributed by atoms with Gasteiger partial charge in [0, 0.05) is 6.04 Å². The summed E-state index contributed by atoms with van der Waals surface area (Å²) in [4.78, 5) is 0. The first-order valence-electron chi connectivity index (χ1n) is 6.83. The average Bonchev–Trinajstić information content (AvgIpc) is 2.35. The molecule has 19 heavy (non-hydrogen) atoms. The van der Waals surface area contributed by atoms with Crippen LogP contribution in [0.1, 0.15) is 44.7 Å². The van der Waals surface area contributed by atoms with Crippen molar-refractivity contribution in [2.24, 2.45) is 0 Å². The van der Waals surface area contributed by atoms with E-state index in [1.165, 1.54) is 5.56 Å². The van der Waals surface area contributed by atoms with Crippen molar-refractivity contribution >= 4 is 0 Å². The van der Waals surface area contributed by atoms with Crippen LogP contribution < -0.4 is 10.1 Å². The molecular weight excluding hydrogens is 236 g/mol. The summed E-state index contributed by atoms with van der Waals surface area (Å²) in [5, 5.41) is 12.2. The zero-order chi connectivity index (χ0) is 14.4. The Morgan fingerprint density at radius 3 is 2.47 bits per heavy atom. The van der Waals surface area contributed by atoms with Crippen LogP contribution in [0.15, 0.2) is 18.2 Å². The molecule has 0 aliphatic carbocycles. The van der Waals surface area contributed by atoms with E-state index in [0.717, 1.165) is 11.3 Å². The highest BCUT2D eigenvalue weighted by atomic mass is 16.5. The first-order valence-corrected chi connectivity index (χ1v) is 6.83. The van der Waals surface area contributed by atoms with Crippen molar-refractivity contribution in [3.05, 3.63) is 29.3 Å². The van der Waals surface area contributed by atoms with Gasteiger partial charge in [0.2, 0.25) is 0 Å². The van der Waals surface area contributed by atoms with E-state index in [9.17, 15) is 0 Å². The van der Waals surface area contributed by atoms with Crippen molar-refractivity contribution in [3.63, 3.8) is 0 Å². The standard InChI is InChI=1S/C16H24N2O/c1-11(2)14-7-6-13(5)16(8-14)19-10-15(9-17)18-12(3)4/h6-8,11-12,15,18H,10H2,1-5H3. The van der Waals surface area contributed by atoms with Crippen molar-refractivity contribution in [1.29, 1.82) is 5.26 Å². The topological polar surface area (TPSA) is 45.0 Å². The summed E-state index contributed by atoms with van der Waals surface area (Å²) in [6.45, 7) is 10.8. The Bertz CT molecular complexity index is 447. The summed E-state index contributed by atoms with van der Waals surface area (Å²) in [5.74, 6) is 1.35. The van der Waals surface area contributed by atoms with E-state index in [1.54, 1.807) is 0 Å². The maximum Gasteiger partial charge on any atom is 0.130 e. The van der Waals surface area contributed by atoms with Gasteiger partial charge in [-0.05, 0) is 43.9 Å². The molecule has 1 atom stereocenters. The lowest BCUT2D eigenvalue weighted by Gasteiger charge is -2.17. The molecule has 1 unspecified atom stereocenters. The molecule has 0 aliphatic rings. The molecule has 0 spiro atoms. The molecule has 1 N–H and O–H groups in total. The Hall–Kier alpha value is -1.53. The second-order valence-electron chi connectivity index (χ2n) is 5.49. The molecule has 0 aromatic heterocycles. The summed E-state index contributed by atoms with van der Waals surface area (Å²) >= 11 is 0. The van der Waals surface area contributed by atoms with Gasteiger partial charge in [0.05, 0.1) is 6.07 Å². The lowest BCUT2D eigenvalue weighted by Crippen LogP contribution is -2.38. The molecule has 0 radical (unpaired) electrons. The molecular formula is C16H24N2O. The highest BCUT2D eigenvalue weighted by Gasteiger charge is 2.11. The molecule has 0 fully saturated rings. The van der Waals surface area contributed by atoms with Crippen LogP contribution in [0, 0.1) is 18.3 Å². The average molecular weight is 260 g/mol. The van der Waals surface area contributed by atoms with E-state index in [2.05, 4.69) is 43.4 Å². The van der Waals surface area contributed by atoms with Gasteiger partial charge >= 0.3 is 0 Å². The number of aryl methyl sites for hydroxylation is 1. The molecule has 0 saturated carbocycles. The maximum absolute atomic E-state index is 9.07. The minimum absolute atomic E-state index is 0.274. The molecule has 104 valence electrons. The molecule has 0 heterocycles. The van der Waals surface area contributed by atoms with Gasteiger partial charge in [-0.1, -0.05) is 26.0 Å². The van der Waals surface area contributed by atoms with Gasteiger partial charge in [0.25, 0.3) is 0 Å². The number of hydrogen-bond donors (Lipinski definition) is 1. The van der Waals surface area contributed by atoms with Crippen molar-refractivity contribution in [3.8, 4) is 11.8 Å². The Morgan fingerprint density at radius 1 is 1.26 bits per heavy atom. The van der Waals surface area contributed by atoms with Crippen molar-refractivity contribution in [1.82, 2.24) is 5.32 Å². The van der Waals surface area contributed by atoms with Crippen molar-refractivity contribution < 1.29 is 4.74 Å². The minimum Gasteiger partial charge on any atom is -0.491 e. The Labute approximate surface area is 116 Å². The van der Waals surface area contributed by atoms with Gasteiger partial charge in [0.15, 0.2) is 0 Å². The van der Waals surface area contributed by atoms with Crippen LogP contribution in [-0.4, -0.2) is 18.7 Å². The van der Waals surface area contributed by atoms with Gasteiger partial charge < -0.3 is 4.74 Å². The molecule has 3 nitrogen and oxygen atoms in total. The third-order valence-electron chi connectivity index (χ3n) is 2.97. The summed E-state index contributed by atoms with van der Waals surface area (Å²) in [7, 11) is 0. The van der Waals surface area contributed by atoms with E-state index in [1.807, 2.05) is 20.8 Å². The quantitative estimate of drug-likeness (QED) is 0.852. The minimum atomic E-state index is -0.276. The second kappa shape index (κ2) is 7.16. The summed E-state index contributed by atoms with van der Waals surface area (Å²) in [6.07, 6.45) is 0. The monoisotopic (exact) mass is 260 g/mol. The van der Waals surface area contributed by atoms with Crippen LogP contribution >= 0.6 is 0 Å². The number of nitrogens with one attached hydrogen (secondary N) is 1. The predicted octanol–water partition coefficient (Wildman–Crippen LogP) is 3.39. The van der Waals surface area contributed by atoms with Crippen molar-refractivity contribution in [2.45, 2.75) is 52.6 Å². The first-order chi connectivity index (χ1) is 8.93. The van der Waals surface area contributed by atoms with Crippen LogP contribution in [0.3, 0.4) is 0 Å². The van der Waals surface area contributed by atoms with E-state index in [4.69, 9.17) is 10.00 Å². The van der Waals surface area contributed by atoms with E-state index in [-0.39, 0.29) is 12.1 Å². The molecule has 1 rings (SSSR count). The first kappa shape index (κ1) is 15.5. The van der Waals surface area contributed by atoms with Gasteiger partial charge in [-0.25, -0.2) is 0 Å². The number of nitrogens with zero attached hydrogens (tertiary/aromatic N) is 1. The van der Waals surface area contributed by atoms with Gasteiger partial charge in [-0.2, -0.15) is 5.26 Å². The van der Waals surface area contributed by atoms with Crippen LogP contribution in [0.2, 0.25) is 0 Å². The SMILES string of the molecule is Cc1ccc(C(C)C)cc1OCC(C#N)NC(C)C. The summed E-state index contributed by atoms with van der Waals surface area (Å²) in [6, 6.07) is 8.49. The predicted molar refractivity (Wildman–Crippen MR) is 78.4 cm³/mol. The number of benzene rings is 1. The van der Waals surface area contributed by atoms with Crippen LogP contribution in [0.25, 0.3) is 0 Å². The molecule has 1 aromatic carbocycles. The van der Waals surface area contributed by atoms with Crippen LogP contribution in [0.4, 0.5) is 0 Å².